The lowest BCUT2D eigenvalue weighted by Crippen LogP contribution is -2.48. The minimum atomic E-state index is -1.17. The van der Waals surface area contributed by atoms with Crippen LogP contribution in [0, 0.1) is 0 Å². The predicted octanol–water partition coefficient (Wildman–Crippen LogP) is -0.169. The van der Waals surface area contributed by atoms with Crippen molar-refractivity contribution in [3.63, 3.8) is 0 Å². The highest BCUT2D eigenvalue weighted by atomic mass is 16.5. The molecule has 2 N–H and O–H groups in total. The zero-order chi connectivity index (χ0) is 10.4. The van der Waals surface area contributed by atoms with Gasteiger partial charge in [-0.1, -0.05) is 0 Å². The molecule has 0 saturated carbocycles. The van der Waals surface area contributed by atoms with E-state index in [2.05, 4.69) is 10.1 Å². The van der Waals surface area contributed by atoms with Crippen LogP contribution in [0.3, 0.4) is 0 Å². The van der Waals surface area contributed by atoms with Crippen LogP contribution >= 0.6 is 0 Å². The molecule has 0 aromatic carbocycles. The molecule has 0 heterocycles. The highest BCUT2D eigenvalue weighted by molar-refractivity contribution is 5.80. The van der Waals surface area contributed by atoms with E-state index in [0.29, 0.717) is 0 Å². The summed E-state index contributed by atoms with van der Waals surface area (Å²) in [6.07, 6.45) is -1.41. The molecule has 0 unspecified atom stereocenters. The quantitative estimate of drug-likeness (QED) is 0.644. The minimum Gasteiger partial charge on any atom is -0.480 e. The summed E-state index contributed by atoms with van der Waals surface area (Å²) in [5.41, 5.74) is 0. The van der Waals surface area contributed by atoms with Crippen LogP contribution < -0.4 is 5.32 Å². The number of rotatable bonds is 4. The molecule has 0 spiro atoms. The molecule has 0 aliphatic carbocycles. The number of ether oxygens (including phenoxy) is 2. The minimum absolute atomic E-state index is 0.614. The summed E-state index contributed by atoms with van der Waals surface area (Å²) in [5, 5.41) is 10.8. The monoisotopic (exact) mass is 191 g/mol. The molecule has 6 nitrogen and oxygen atoms in total. The van der Waals surface area contributed by atoms with Crippen LogP contribution in [0.1, 0.15) is 6.92 Å². The Kier molecular flexibility index (Phi) is 4.83. The molecule has 0 fully saturated rings. The first-order valence-corrected chi connectivity index (χ1v) is 3.63. The van der Waals surface area contributed by atoms with Crippen LogP contribution in [0.5, 0.6) is 0 Å². The van der Waals surface area contributed by atoms with E-state index in [9.17, 15) is 9.59 Å². The molecule has 76 valence electrons. The first-order valence-electron chi connectivity index (χ1n) is 3.63. The van der Waals surface area contributed by atoms with Gasteiger partial charge in [0.05, 0.1) is 13.2 Å². The molecule has 0 aromatic heterocycles. The Balaban J connectivity index is 4.26. The molecule has 2 atom stereocenters. The number of carboxylic acids is 1. The van der Waals surface area contributed by atoms with Gasteiger partial charge in [-0.25, -0.2) is 9.59 Å². The van der Waals surface area contributed by atoms with Gasteiger partial charge in [0.2, 0.25) is 0 Å². The molecule has 13 heavy (non-hydrogen) atoms. The highest BCUT2D eigenvalue weighted by Crippen LogP contribution is 1.98. The summed E-state index contributed by atoms with van der Waals surface area (Å²) in [7, 11) is 2.52. The summed E-state index contributed by atoms with van der Waals surface area (Å²) >= 11 is 0. The molecule has 6 heteroatoms. The summed E-state index contributed by atoms with van der Waals surface area (Å²) < 4.78 is 9.02. The Morgan fingerprint density at radius 1 is 1.38 bits per heavy atom. The first kappa shape index (κ1) is 11.7. The second kappa shape index (κ2) is 5.36. The second-order valence-corrected chi connectivity index (χ2v) is 2.39. The molecule has 0 radical (unpaired) electrons. The van der Waals surface area contributed by atoms with E-state index in [0.717, 1.165) is 7.11 Å². The fourth-order valence-corrected chi connectivity index (χ4v) is 0.702. The molecular formula is C7H13NO5. The number of nitrogens with one attached hydrogen (secondary N) is 1. The SMILES string of the molecule is COC(=O)N[C@@H](C(=O)O)[C@@H](C)OC. The van der Waals surface area contributed by atoms with Crippen molar-refractivity contribution in [2.45, 2.75) is 19.1 Å². The molecule has 0 saturated heterocycles. The van der Waals surface area contributed by atoms with Gasteiger partial charge >= 0.3 is 12.1 Å². The van der Waals surface area contributed by atoms with Crippen molar-refractivity contribution in [3.05, 3.63) is 0 Å². The molecule has 0 aliphatic rings. The number of amides is 1. The fourth-order valence-electron chi connectivity index (χ4n) is 0.702. The Morgan fingerprint density at radius 3 is 2.23 bits per heavy atom. The van der Waals surface area contributed by atoms with Gasteiger partial charge in [-0.3, -0.25) is 0 Å². The van der Waals surface area contributed by atoms with Gasteiger partial charge in [-0.15, -0.1) is 0 Å². The number of alkyl carbamates (subject to hydrolysis) is 1. The average molecular weight is 191 g/mol. The number of hydrogen-bond donors (Lipinski definition) is 2. The summed E-state index contributed by atoms with van der Waals surface area (Å²) in [5.74, 6) is -1.17. The van der Waals surface area contributed by atoms with Gasteiger partial charge in [-0.2, -0.15) is 0 Å². The maximum atomic E-state index is 10.7. The lowest BCUT2D eigenvalue weighted by Gasteiger charge is -2.18. The Bertz CT molecular complexity index is 193. The largest absolute Gasteiger partial charge is 0.480 e. The maximum absolute atomic E-state index is 10.7. The van der Waals surface area contributed by atoms with Crippen molar-refractivity contribution in [3.8, 4) is 0 Å². The number of carbonyl (C=O) groups excluding carboxylic acids is 1. The standard InChI is InChI=1S/C7H13NO5/c1-4(12-2)5(6(9)10)8-7(11)13-3/h4-5H,1-3H3,(H,8,11)(H,9,10)/t4-,5-/m1/s1. The maximum Gasteiger partial charge on any atom is 0.407 e. The van der Waals surface area contributed by atoms with Crippen LogP contribution in [-0.2, 0) is 14.3 Å². The lowest BCUT2D eigenvalue weighted by molar-refractivity contribution is -0.142. The number of hydrogen-bond acceptors (Lipinski definition) is 4. The molecule has 0 rings (SSSR count). The topological polar surface area (TPSA) is 84.9 Å². The van der Waals surface area contributed by atoms with Crippen LogP contribution in [0.2, 0.25) is 0 Å². The zero-order valence-electron chi connectivity index (χ0n) is 7.73. The number of aliphatic carboxylic acids is 1. The third-order valence-corrected chi connectivity index (χ3v) is 1.57. The Morgan fingerprint density at radius 2 is 1.92 bits per heavy atom. The number of carbonyl (C=O) groups is 2. The van der Waals surface area contributed by atoms with Crippen LogP contribution in [0.15, 0.2) is 0 Å². The van der Waals surface area contributed by atoms with E-state index in [1.807, 2.05) is 0 Å². The van der Waals surface area contributed by atoms with Crippen LogP contribution in [0.4, 0.5) is 4.79 Å². The second-order valence-electron chi connectivity index (χ2n) is 2.39. The van der Waals surface area contributed by atoms with Gasteiger partial charge in [0.1, 0.15) is 0 Å². The van der Waals surface area contributed by atoms with Crippen molar-refractivity contribution in [1.29, 1.82) is 0 Å². The first-order chi connectivity index (χ1) is 6.02. The number of carboxylic acid groups (broad SMARTS) is 1. The average Bonchev–Trinajstić information content (AvgIpc) is 2.11. The van der Waals surface area contributed by atoms with E-state index in [4.69, 9.17) is 9.84 Å². The van der Waals surface area contributed by atoms with E-state index >= 15 is 0 Å². The van der Waals surface area contributed by atoms with Gasteiger partial charge in [0, 0.05) is 7.11 Å². The summed E-state index contributed by atoms with van der Waals surface area (Å²) in [4.78, 5) is 21.3. The van der Waals surface area contributed by atoms with E-state index in [-0.39, 0.29) is 0 Å². The fraction of sp³-hybridized carbons (Fsp3) is 0.714. The van der Waals surface area contributed by atoms with Crippen molar-refractivity contribution in [2.75, 3.05) is 14.2 Å². The Labute approximate surface area is 75.8 Å². The van der Waals surface area contributed by atoms with E-state index < -0.39 is 24.2 Å². The summed E-state index contributed by atoms with van der Waals surface area (Å²) in [6, 6.07) is -1.10. The van der Waals surface area contributed by atoms with E-state index in [1.165, 1.54) is 14.0 Å². The molecular weight excluding hydrogens is 178 g/mol. The van der Waals surface area contributed by atoms with Crippen molar-refractivity contribution >= 4 is 12.1 Å². The van der Waals surface area contributed by atoms with Crippen molar-refractivity contribution < 1.29 is 24.2 Å². The van der Waals surface area contributed by atoms with Crippen molar-refractivity contribution in [2.24, 2.45) is 0 Å². The summed E-state index contributed by atoms with van der Waals surface area (Å²) in [6.45, 7) is 1.54. The van der Waals surface area contributed by atoms with E-state index in [1.54, 1.807) is 0 Å². The van der Waals surface area contributed by atoms with Crippen molar-refractivity contribution in [1.82, 2.24) is 5.32 Å². The third-order valence-electron chi connectivity index (χ3n) is 1.57. The van der Waals surface area contributed by atoms with Gasteiger partial charge in [0.15, 0.2) is 6.04 Å². The smallest absolute Gasteiger partial charge is 0.407 e. The highest BCUT2D eigenvalue weighted by Gasteiger charge is 2.26. The zero-order valence-corrected chi connectivity index (χ0v) is 7.73. The lowest BCUT2D eigenvalue weighted by atomic mass is 10.2. The third kappa shape index (κ3) is 3.75. The molecule has 0 aliphatic heterocycles. The Hall–Kier alpha value is -1.30. The number of methoxy groups -OCH3 is 2. The predicted molar refractivity (Wildman–Crippen MR) is 43.4 cm³/mol. The molecule has 0 aromatic rings. The molecule has 1 amide bonds. The van der Waals surface area contributed by atoms with Gasteiger partial charge in [0.25, 0.3) is 0 Å². The normalized spacial score (nSPS) is 14.4. The van der Waals surface area contributed by atoms with Crippen LogP contribution in [0.25, 0.3) is 0 Å². The molecule has 0 bridgehead atoms. The van der Waals surface area contributed by atoms with Gasteiger partial charge < -0.3 is 19.9 Å². The van der Waals surface area contributed by atoms with Gasteiger partial charge in [-0.05, 0) is 6.92 Å². The van der Waals surface area contributed by atoms with Crippen LogP contribution in [-0.4, -0.2) is 43.5 Å².